The fourth-order valence-corrected chi connectivity index (χ4v) is 3.59. The van der Waals surface area contributed by atoms with Gasteiger partial charge in [0.05, 0.1) is 23.4 Å². The fourth-order valence-electron chi connectivity index (χ4n) is 3.59. The zero-order valence-corrected chi connectivity index (χ0v) is 16.8. The van der Waals surface area contributed by atoms with Gasteiger partial charge >= 0.3 is 0 Å². The van der Waals surface area contributed by atoms with E-state index < -0.39 is 0 Å². The number of rotatable bonds is 5. The molecule has 0 saturated carbocycles. The largest absolute Gasteiger partial charge is 0.328 e. The van der Waals surface area contributed by atoms with Crippen molar-refractivity contribution < 1.29 is 14.4 Å². The number of pyridine rings is 1. The fraction of sp³-hybridized carbons (Fsp3) is 0.167. The molecule has 0 unspecified atom stereocenters. The van der Waals surface area contributed by atoms with E-state index in [1.807, 2.05) is 49.4 Å². The molecular formula is C24H21N3O3. The Morgan fingerprint density at radius 1 is 0.933 bits per heavy atom. The molecular weight excluding hydrogens is 378 g/mol. The van der Waals surface area contributed by atoms with E-state index in [2.05, 4.69) is 4.98 Å². The van der Waals surface area contributed by atoms with Crippen LogP contribution in [-0.4, -0.2) is 39.6 Å². The van der Waals surface area contributed by atoms with Crippen LogP contribution in [-0.2, 0) is 13.1 Å². The lowest BCUT2D eigenvalue weighted by Crippen LogP contribution is -2.30. The number of hydrogen-bond acceptors (Lipinski definition) is 4. The normalized spacial score (nSPS) is 12.8. The number of nitrogens with zero attached hydrogens (tertiary/aromatic N) is 3. The summed E-state index contributed by atoms with van der Waals surface area (Å²) in [5, 5.41) is 0. The molecule has 150 valence electrons. The molecule has 0 fully saturated rings. The van der Waals surface area contributed by atoms with Crippen molar-refractivity contribution in [3.8, 4) is 0 Å². The van der Waals surface area contributed by atoms with Crippen molar-refractivity contribution in [1.29, 1.82) is 0 Å². The van der Waals surface area contributed by atoms with Crippen molar-refractivity contribution in [2.75, 3.05) is 7.05 Å². The highest BCUT2D eigenvalue weighted by atomic mass is 16.2. The maximum absolute atomic E-state index is 13.4. The number of hydrogen-bond donors (Lipinski definition) is 0. The number of fused-ring (bicyclic) bond motifs is 1. The molecule has 6 heteroatoms. The van der Waals surface area contributed by atoms with E-state index in [4.69, 9.17) is 0 Å². The molecule has 3 aromatic rings. The predicted molar refractivity (Wildman–Crippen MR) is 112 cm³/mol. The van der Waals surface area contributed by atoms with Gasteiger partial charge in [-0.05, 0) is 42.8 Å². The zero-order valence-electron chi connectivity index (χ0n) is 16.8. The van der Waals surface area contributed by atoms with Crippen LogP contribution in [0.2, 0.25) is 0 Å². The third-order valence-corrected chi connectivity index (χ3v) is 5.16. The monoisotopic (exact) mass is 399 g/mol. The molecule has 6 nitrogen and oxygen atoms in total. The SMILES string of the molecule is Cc1cccc(CN(Cc2ccccn2)C(=O)c2ccc3c(c2)C(=O)N(C)C3=O)c1. The Kier molecular flexibility index (Phi) is 5.14. The lowest BCUT2D eigenvalue weighted by atomic mass is 10.0. The molecule has 30 heavy (non-hydrogen) atoms. The molecule has 3 amide bonds. The lowest BCUT2D eigenvalue weighted by Gasteiger charge is -2.23. The van der Waals surface area contributed by atoms with Gasteiger partial charge in [-0.3, -0.25) is 24.3 Å². The summed E-state index contributed by atoms with van der Waals surface area (Å²) in [5.74, 6) is -0.960. The minimum absolute atomic E-state index is 0.222. The number of carbonyl (C=O) groups is 3. The summed E-state index contributed by atoms with van der Waals surface area (Å²) in [6, 6.07) is 18.2. The van der Waals surface area contributed by atoms with E-state index >= 15 is 0 Å². The van der Waals surface area contributed by atoms with Crippen LogP contribution in [0.1, 0.15) is 47.9 Å². The third kappa shape index (κ3) is 3.72. The van der Waals surface area contributed by atoms with Gasteiger partial charge in [-0.25, -0.2) is 0 Å². The van der Waals surface area contributed by atoms with E-state index in [0.717, 1.165) is 21.7 Å². The van der Waals surface area contributed by atoms with E-state index in [1.165, 1.54) is 13.1 Å². The van der Waals surface area contributed by atoms with Crippen molar-refractivity contribution in [3.05, 3.63) is 100 Å². The van der Waals surface area contributed by atoms with E-state index in [0.29, 0.717) is 24.2 Å². The van der Waals surface area contributed by atoms with Gasteiger partial charge < -0.3 is 4.90 Å². The van der Waals surface area contributed by atoms with Gasteiger partial charge in [-0.15, -0.1) is 0 Å². The van der Waals surface area contributed by atoms with Crippen LogP contribution in [0.3, 0.4) is 0 Å². The first-order valence-electron chi connectivity index (χ1n) is 9.65. The molecule has 0 bridgehead atoms. The first kappa shape index (κ1) is 19.5. The Bertz CT molecular complexity index is 1140. The average molecular weight is 399 g/mol. The first-order valence-corrected chi connectivity index (χ1v) is 9.65. The number of aromatic nitrogens is 1. The lowest BCUT2D eigenvalue weighted by molar-refractivity contribution is 0.0692. The molecule has 0 N–H and O–H groups in total. The summed E-state index contributed by atoms with van der Waals surface area (Å²) >= 11 is 0. The molecule has 1 aromatic heterocycles. The Labute approximate surface area is 174 Å². The molecule has 4 rings (SSSR count). The van der Waals surface area contributed by atoms with Crippen LogP contribution >= 0.6 is 0 Å². The Balaban J connectivity index is 1.67. The number of aryl methyl sites for hydroxylation is 1. The summed E-state index contributed by atoms with van der Waals surface area (Å²) in [6.07, 6.45) is 1.69. The Hall–Kier alpha value is -3.80. The summed E-state index contributed by atoms with van der Waals surface area (Å²) < 4.78 is 0. The summed E-state index contributed by atoms with van der Waals surface area (Å²) in [5.41, 5.74) is 3.85. The topological polar surface area (TPSA) is 70.6 Å². The highest BCUT2D eigenvalue weighted by molar-refractivity contribution is 6.21. The van der Waals surface area contributed by atoms with Crippen molar-refractivity contribution in [1.82, 2.24) is 14.8 Å². The smallest absolute Gasteiger partial charge is 0.261 e. The summed E-state index contributed by atoms with van der Waals surface area (Å²) in [7, 11) is 1.44. The van der Waals surface area contributed by atoms with E-state index in [9.17, 15) is 14.4 Å². The quantitative estimate of drug-likeness (QED) is 0.616. The minimum Gasteiger partial charge on any atom is -0.328 e. The molecule has 0 spiro atoms. The number of imide groups is 1. The maximum atomic E-state index is 13.4. The van der Waals surface area contributed by atoms with Crippen molar-refractivity contribution >= 4 is 17.7 Å². The Morgan fingerprint density at radius 2 is 1.73 bits per heavy atom. The van der Waals surface area contributed by atoms with E-state index in [-0.39, 0.29) is 23.3 Å². The molecule has 2 heterocycles. The molecule has 1 aliphatic rings. The second-order valence-electron chi connectivity index (χ2n) is 7.40. The van der Waals surface area contributed by atoms with Crippen LogP contribution in [0.5, 0.6) is 0 Å². The van der Waals surface area contributed by atoms with Crippen molar-refractivity contribution in [2.24, 2.45) is 0 Å². The second-order valence-corrected chi connectivity index (χ2v) is 7.40. The van der Waals surface area contributed by atoms with E-state index in [1.54, 1.807) is 23.2 Å². The third-order valence-electron chi connectivity index (χ3n) is 5.16. The van der Waals surface area contributed by atoms with Gasteiger partial charge in [-0.1, -0.05) is 35.9 Å². The summed E-state index contributed by atoms with van der Waals surface area (Å²) in [4.78, 5) is 45.0. The maximum Gasteiger partial charge on any atom is 0.261 e. The van der Waals surface area contributed by atoms with Gasteiger partial charge in [-0.2, -0.15) is 0 Å². The molecule has 0 atom stereocenters. The number of amides is 3. The van der Waals surface area contributed by atoms with Gasteiger partial charge in [0.15, 0.2) is 0 Å². The highest BCUT2D eigenvalue weighted by Gasteiger charge is 2.33. The highest BCUT2D eigenvalue weighted by Crippen LogP contribution is 2.24. The van der Waals surface area contributed by atoms with Gasteiger partial charge in [0.25, 0.3) is 17.7 Å². The van der Waals surface area contributed by atoms with Crippen LogP contribution in [0.4, 0.5) is 0 Å². The zero-order chi connectivity index (χ0) is 21.3. The number of benzene rings is 2. The molecule has 2 aromatic carbocycles. The second kappa shape index (κ2) is 7.91. The molecule has 0 radical (unpaired) electrons. The van der Waals surface area contributed by atoms with Gasteiger partial charge in [0, 0.05) is 25.4 Å². The summed E-state index contributed by atoms with van der Waals surface area (Å²) in [6.45, 7) is 2.74. The minimum atomic E-state index is -0.389. The van der Waals surface area contributed by atoms with Gasteiger partial charge in [0.1, 0.15) is 0 Å². The predicted octanol–water partition coefficient (Wildman–Crippen LogP) is 3.46. The molecule has 0 aliphatic carbocycles. The van der Waals surface area contributed by atoms with Crippen LogP contribution in [0.25, 0.3) is 0 Å². The standard InChI is InChI=1S/C24H21N3O3/c1-16-6-5-7-17(12-16)14-27(15-19-8-3-4-11-25-19)22(28)18-9-10-20-21(13-18)24(30)26(2)23(20)29/h3-13H,14-15H2,1-2H3. The van der Waals surface area contributed by atoms with Crippen LogP contribution in [0.15, 0.2) is 66.9 Å². The molecule has 1 aliphatic heterocycles. The van der Waals surface area contributed by atoms with Gasteiger partial charge in [0.2, 0.25) is 0 Å². The van der Waals surface area contributed by atoms with Crippen LogP contribution < -0.4 is 0 Å². The first-order chi connectivity index (χ1) is 14.4. The van der Waals surface area contributed by atoms with Crippen molar-refractivity contribution in [2.45, 2.75) is 20.0 Å². The Morgan fingerprint density at radius 3 is 2.47 bits per heavy atom. The molecule has 0 saturated heterocycles. The van der Waals surface area contributed by atoms with Crippen molar-refractivity contribution in [3.63, 3.8) is 0 Å². The van der Waals surface area contributed by atoms with Crippen LogP contribution in [0, 0.1) is 6.92 Å². The number of carbonyl (C=O) groups excluding carboxylic acids is 3. The average Bonchev–Trinajstić information content (AvgIpc) is 2.97.